The van der Waals surface area contributed by atoms with Gasteiger partial charge in [-0.15, -0.1) is 0 Å². The first-order valence-electron chi connectivity index (χ1n) is 4.52. The fourth-order valence-electron chi connectivity index (χ4n) is 1.35. The largest absolute Gasteiger partial charge is 0.493 e. The molecule has 78 valence electrons. The Morgan fingerprint density at radius 3 is 2.87 bits per heavy atom. The van der Waals surface area contributed by atoms with Gasteiger partial charge in [-0.2, -0.15) is 5.10 Å². The molecule has 0 fully saturated rings. The molecule has 0 spiro atoms. The highest BCUT2D eigenvalue weighted by Gasteiger charge is 2.19. The Balaban J connectivity index is 2.72. The molecule has 0 atom stereocenters. The van der Waals surface area contributed by atoms with Crippen LogP contribution < -0.4 is 5.46 Å². The third kappa shape index (κ3) is 1.71. The van der Waals surface area contributed by atoms with Crippen LogP contribution in [-0.4, -0.2) is 31.8 Å². The molecule has 0 saturated heterocycles. The van der Waals surface area contributed by atoms with Gasteiger partial charge in [-0.25, -0.2) is 9.50 Å². The summed E-state index contributed by atoms with van der Waals surface area (Å²) in [4.78, 5) is 4.23. The van der Waals surface area contributed by atoms with Gasteiger partial charge in [0.1, 0.15) is 5.15 Å². The maximum atomic E-state index is 9.08. The molecule has 0 saturated carbocycles. The maximum absolute atomic E-state index is 9.08. The number of halogens is 1. The van der Waals surface area contributed by atoms with Crippen LogP contribution in [0, 0.1) is 0 Å². The van der Waals surface area contributed by atoms with Gasteiger partial charge in [-0.05, 0) is 12.5 Å². The van der Waals surface area contributed by atoms with Crippen LogP contribution in [0.4, 0.5) is 0 Å². The first kappa shape index (κ1) is 10.4. The second-order valence-electron chi connectivity index (χ2n) is 3.13. The lowest BCUT2D eigenvalue weighted by atomic mass is 9.82. The molecule has 15 heavy (non-hydrogen) atoms. The SMILES string of the molecule is CCc1cc(Cl)n2ncc(B(O)O)c2n1. The molecule has 2 aromatic heterocycles. The van der Waals surface area contributed by atoms with Crippen LogP contribution in [0.3, 0.4) is 0 Å². The summed E-state index contributed by atoms with van der Waals surface area (Å²) in [7, 11) is -1.59. The van der Waals surface area contributed by atoms with Crippen molar-refractivity contribution in [3.8, 4) is 0 Å². The number of hydrogen-bond donors (Lipinski definition) is 2. The zero-order valence-electron chi connectivity index (χ0n) is 8.05. The molecule has 2 N–H and O–H groups in total. The van der Waals surface area contributed by atoms with Crippen molar-refractivity contribution in [1.82, 2.24) is 14.6 Å². The van der Waals surface area contributed by atoms with Crippen molar-refractivity contribution in [2.45, 2.75) is 13.3 Å². The molecule has 0 unspecified atom stereocenters. The van der Waals surface area contributed by atoms with Gasteiger partial charge in [0.15, 0.2) is 5.65 Å². The van der Waals surface area contributed by atoms with E-state index >= 15 is 0 Å². The van der Waals surface area contributed by atoms with E-state index in [1.54, 1.807) is 6.07 Å². The number of aromatic nitrogens is 3. The Bertz CT molecular complexity index is 500. The average Bonchev–Trinajstić information content (AvgIpc) is 2.61. The molecule has 2 heterocycles. The van der Waals surface area contributed by atoms with Crippen LogP contribution >= 0.6 is 11.6 Å². The average molecular weight is 225 g/mol. The Morgan fingerprint density at radius 1 is 1.53 bits per heavy atom. The summed E-state index contributed by atoms with van der Waals surface area (Å²) in [6.45, 7) is 1.95. The summed E-state index contributed by atoms with van der Waals surface area (Å²) in [6, 6.07) is 1.70. The lowest BCUT2D eigenvalue weighted by Crippen LogP contribution is -2.30. The third-order valence-corrected chi connectivity index (χ3v) is 2.42. The molecule has 2 rings (SSSR count). The molecule has 2 aromatic rings. The van der Waals surface area contributed by atoms with Crippen molar-refractivity contribution in [3.63, 3.8) is 0 Å². The summed E-state index contributed by atoms with van der Waals surface area (Å²) in [5, 5.41) is 22.5. The molecule has 0 bridgehead atoms. The van der Waals surface area contributed by atoms with Crippen molar-refractivity contribution in [3.05, 3.63) is 23.1 Å². The molecular formula is C8H9BClN3O2. The molecule has 0 aliphatic heterocycles. The second kappa shape index (κ2) is 3.81. The van der Waals surface area contributed by atoms with Crippen molar-refractivity contribution in [1.29, 1.82) is 0 Å². The van der Waals surface area contributed by atoms with Gasteiger partial charge >= 0.3 is 7.12 Å². The summed E-state index contributed by atoms with van der Waals surface area (Å²) < 4.78 is 1.37. The number of nitrogens with zero attached hydrogens (tertiary/aromatic N) is 3. The first-order chi connectivity index (χ1) is 7.13. The van der Waals surface area contributed by atoms with Gasteiger partial charge in [0, 0.05) is 11.2 Å². The van der Waals surface area contributed by atoms with E-state index in [9.17, 15) is 0 Å². The van der Waals surface area contributed by atoms with Crippen LogP contribution in [0.25, 0.3) is 5.65 Å². The van der Waals surface area contributed by atoms with E-state index in [4.69, 9.17) is 21.6 Å². The van der Waals surface area contributed by atoms with Gasteiger partial charge in [0.2, 0.25) is 0 Å². The molecule has 0 aliphatic rings. The van der Waals surface area contributed by atoms with E-state index in [1.807, 2.05) is 6.92 Å². The van der Waals surface area contributed by atoms with Crippen LogP contribution in [-0.2, 0) is 6.42 Å². The summed E-state index contributed by atoms with van der Waals surface area (Å²) in [6.07, 6.45) is 2.07. The second-order valence-corrected chi connectivity index (χ2v) is 3.52. The minimum absolute atomic E-state index is 0.257. The Hall–Kier alpha value is -1.11. The number of hydrogen-bond acceptors (Lipinski definition) is 4. The maximum Gasteiger partial charge on any atom is 0.493 e. The molecule has 0 aliphatic carbocycles. The Kier molecular flexibility index (Phi) is 2.64. The molecule has 5 nitrogen and oxygen atoms in total. The molecule has 0 aromatic carbocycles. The highest BCUT2D eigenvalue weighted by molar-refractivity contribution is 6.60. The standard InChI is InChI=1S/C8H9BClN3O2/c1-2-5-3-7(10)13-8(12-5)6(4-11-13)9(14)15/h3-4,14-15H,2H2,1H3. The predicted octanol–water partition coefficient (Wildman–Crippen LogP) is -0.375. The van der Waals surface area contributed by atoms with E-state index in [2.05, 4.69) is 10.1 Å². The van der Waals surface area contributed by atoms with Gasteiger partial charge in [0.25, 0.3) is 0 Å². The highest BCUT2D eigenvalue weighted by atomic mass is 35.5. The minimum atomic E-state index is -1.59. The van der Waals surface area contributed by atoms with Crippen LogP contribution in [0.15, 0.2) is 12.3 Å². The Morgan fingerprint density at radius 2 is 2.27 bits per heavy atom. The topological polar surface area (TPSA) is 70.7 Å². The lowest BCUT2D eigenvalue weighted by Gasteiger charge is -2.02. The normalized spacial score (nSPS) is 10.9. The van der Waals surface area contributed by atoms with Crippen LogP contribution in [0.5, 0.6) is 0 Å². The zero-order chi connectivity index (χ0) is 11.0. The zero-order valence-corrected chi connectivity index (χ0v) is 8.81. The highest BCUT2D eigenvalue weighted by Crippen LogP contribution is 2.11. The van der Waals surface area contributed by atoms with E-state index in [0.717, 1.165) is 12.1 Å². The van der Waals surface area contributed by atoms with Crippen LogP contribution in [0.1, 0.15) is 12.6 Å². The monoisotopic (exact) mass is 225 g/mol. The predicted molar refractivity (Wildman–Crippen MR) is 57.2 cm³/mol. The quantitative estimate of drug-likeness (QED) is 0.540. The summed E-state index contributed by atoms with van der Waals surface area (Å²) in [5.41, 5.74) is 1.43. The summed E-state index contributed by atoms with van der Waals surface area (Å²) in [5.74, 6) is 0. The van der Waals surface area contributed by atoms with E-state index in [1.165, 1.54) is 10.7 Å². The van der Waals surface area contributed by atoms with Crippen molar-refractivity contribution in [2.24, 2.45) is 0 Å². The Labute approximate surface area is 91.5 Å². The lowest BCUT2D eigenvalue weighted by molar-refractivity contribution is 0.426. The van der Waals surface area contributed by atoms with Crippen molar-refractivity contribution in [2.75, 3.05) is 0 Å². The van der Waals surface area contributed by atoms with E-state index in [-0.39, 0.29) is 5.46 Å². The molecule has 0 radical (unpaired) electrons. The first-order valence-corrected chi connectivity index (χ1v) is 4.90. The van der Waals surface area contributed by atoms with E-state index < -0.39 is 7.12 Å². The smallest absolute Gasteiger partial charge is 0.423 e. The molecule has 7 heteroatoms. The third-order valence-electron chi connectivity index (χ3n) is 2.15. The van der Waals surface area contributed by atoms with Crippen LogP contribution in [0.2, 0.25) is 5.15 Å². The van der Waals surface area contributed by atoms with Crippen molar-refractivity contribution >= 4 is 29.8 Å². The summed E-state index contributed by atoms with van der Waals surface area (Å²) >= 11 is 5.96. The molecular weight excluding hydrogens is 216 g/mol. The van der Waals surface area contributed by atoms with Gasteiger partial charge in [0.05, 0.1) is 6.20 Å². The van der Waals surface area contributed by atoms with Crippen molar-refractivity contribution < 1.29 is 10.0 Å². The molecule has 0 amide bonds. The minimum Gasteiger partial charge on any atom is -0.423 e. The number of fused-ring (bicyclic) bond motifs is 1. The number of aryl methyl sites for hydroxylation is 1. The number of rotatable bonds is 2. The van der Waals surface area contributed by atoms with Gasteiger partial charge in [-0.3, -0.25) is 0 Å². The fourth-order valence-corrected chi connectivity index (χ4v) is 1.60. The van der Waals surface area contributed by atoms with Gasteiger partial charge in [-0.1, -0.05) is 18.5 Å². The fraction of sp³-hybridized carbons (Fsp3) is 0.250. The van der Waals surface area contributed by atoms with Gasteiger partial charge < -0.3 is 10.0 Å². The van der Waals surface area contributed by atoms with E-state index in [0.29, 0.717) is 10.8 Å².